The maximum Gasteiger partial charge on any atom is 0.328 e. The zero-order chi connectivity index (χ0) is 26.2. The van der Waals surface area contributed by atoms with Crippen molar-refractivity contribution < 1.29 is 9.90 Å². The van der Waals surface area contributed by atoms with E-state index in [1.807, 2.05) is 17.9 Å². The second-order valence-corrected chi connectivity index (χ2v) is 10.6. The molecule has 0 saturated heterocycles. The molecule has 2 heterocycles. The molecule has 2 aliphatic rings. The van der Waals surface area contributed by atoms with Crippen LogP contribution in [0.25, 0.3) is 11.1 Å². The molecular weight excluding hydrogens is 458 g/mol. The highest BCUT2D eigenvalue weighted by molar-refractivity contribution is 5.80. The molecule has 1 aliphatic heterocycles. The number of benzene rings is 2. The normalized spacial score (nSPS) is 23.2. The molecule has 0 fully saturated rings. The number of aliphatic carboxylic acids is 1. The van der Waals surface area contributed by atoms with Crippen LogP contribution in [0.2, 0.25) is 0 Å². The fraction of sp³-hybridized carbons (Fsp3) is 0.312. The molecule has 5 nitrogen and oxygen atoms in total. The van der Waals surface area contributed by atoms with E-state index in [9.17, 15) is 4.79 Å². The van der Waals surface area contributed by atoms with Crippen molar-refractivity contribution in [2.24, 2.45) is 12.5 Å². The minimum Gasteiger partial charge on any atom is -0.478 e. The van der Waals surface area contributed by atoms with Crippen LogP contribution < -0.4 is 4.90 Å². The number of aryl methyl sites for hydroxylation is 2. The third-order valence-corrected chi connectivity index (χ3v) is 7.86. The maximum absolute atomic E-state index is 11.0. The summed E-state index contributed by atoms with van der Waals surface area (Å²) in [5, 5.41) is 13.4. The molecule has 5 rings (SSSR count). The Balaban J connectivity index is 1.58. The molecule has 0 bridgehead atoms. The van der Waals surface area contributed by atoms with Gasteiger partial charge in [0.1, 0.15) is 0 Å². The number of carbonyl (C=O) groups is 1. The van der Waals surface area contributed by atoms with Crippen molar-refractivity contribution in [1.82, 2.24) is 9.78 Å². The fourth-order valence-electron chi connectivity index (χ4n) is 5.85. The van der Waals surface area contributed by atoms with Gasteiger partial charge in [-0.3, -0.25) is 4.68 Å². The summed E-state index contributed by atoms with van der Waals surface area (Å²) in [6.45, 7) is 6.84. The lowest BCUT2D eigenvalue weighted by molar-refractivity contribution is -0.131. The van der Waals surface area contributed by atoms with Crippen LogP contribution in [0.5, 0.6) is 0 Å². The standard InChI is InChI=1S/C32H35N3O2/c1-5-23-6-10-28(11-7-23)35-22(2)18-26-19-25(27-20-33-34(4)21-27)9-12-29(26)31(35)32(3)16-14-24(15-17-32)8-13-30(36)37/h6-16,19-22,31H,5,17-18H2,1-4H3,(H,36,37)/b13-8+/t22-,31+,32?/m1/s1. The van der Waals surface area contributed by atoms with Crippen LogP contribution in [0.4, 0.5) is 5.69 Å². The topological polar surface area (TPSA) is 58.4 Å². The minimum absolute atomic E-state index is 0.138. The van der Waals surface area contributed by atoms with Crippen molar-refractivity contribution in [2.45, 2.75) is 52.1 Å². The van der Waals surface area contributed by atoms with Gasteiger partial charge >= 0.3 is 5.97 Å². The number of hydrogen-bond acceptors (Lipinski definition) is 3. The number of nitrogens with zero attached hydrogens (tertiary/aromatic N) is 3. The quantitative estimate of drug-likeness (QED) is 0.389. The van der Waals surface area contributed by atoms with Gasteiger partial charge in [-0.1, -0.05) is 62.4 Å². The first kappa shape index (κ1) is 24.8. The third-order valence-electron chi connectivity index (χ3n) is 7.86. The molecule has 1 aliphatic carbocycles. The zero-order valence-corrected chi connectivity index (χ0v) is 22.1. The minimum atomic E-state index is -0.927. The number of anilines is 1. The van der Waals surface area contributed by atoms with E-state index < -0.39 is 5.97 Å². The second kappa shape index (κ2) is 9.89. The fourth-order valence-corrected chi connectivity index (χ4v) is 5.85. The van der Waals surface area contributed by atoms with Gasteiger partial charge in [0, 0.05) is 42.0 Å². The number of hydrogen-bond donors (Lipinski definition) is 1. The number of carboxylic acid groups (broad SMARTS) is 1. The van der Waals surface area contributed by atoms with Crippen LogP contribution in [0.15, 0.2) is 90.8 Å². The van der Waals surface area contributed by atoms with Crippen LogP contribution in [0, 0.1) is 5.41 Å². The van der Waals surface area contributed by atoms with E-state index in [-0.39, 0.29) is 11.5 Å². The first-order chi connectivity index (χ1) is 17.8. The van der Waals surface area contributed by atoms with Gasteiger partial charge in [-0.2, -0.15) is 5.10 Å². The van der Waals surface area contributed by atoms with E-state index >= 15 is 0 Å². The van der Waals surface area contributed by atoms with Crippen LogP contribution in [-0.2, 0) is 24.7 Å². The average Bonchev–Trinajstić information content (AvgIpc) is 3.33. The molecule has 1 aromatic heterocycles. The SMILES string of the molecule is CCc1ccc(N2[C@H](C)Cc3cc(-c4cnn(C)c4)ccc3[C@H]2C2(C)C=CC(/C=C/C(=O)O)=CC2)cc1. The van der Waals surface area contributed by atoms with Crippen molar-refractivity contribution in [3.63, 3.8) is 0 Å². The maximum atomic E-state index is 11.0. The number of fused-ring (bicyclic) bond motifs is 1. The molecule has 0 spiro atoms. The highest BCUT2D eigenvalue weighted by Gasteiger charge is 2.43. The molecule has 5 heteroatoms. The van der Waals surface area contributed by atoms with Crippen LogP contribution in [0.3, 0.4) is 0 Å². The van der Waals surface area contributed by atoms with E-state index in [1.165, 1.54) is 34.0 Å². The smallest absolute Gasteiger partial charge is 0.328 e. The summed E-state index contributed by atoms with van der Waals surface area (Å²) < 4.78 is 1.85. The molecule has 0 radical (unpaired) electrons. The van der Waals surface area contributed by atoms with Gasteiger partial charge in [-0.25, -0.2) is 4.79 Å². The molecule has 0 amide bonds. The van der Waals surface area contributed by atoms with E-state index in [0.717, 1.165) is 30.4 Å². The highest BCUT2D eigenvalue weighted by atomic mass is 16.4. The average molecular weight is 494 g/mol. The van der Waals surface area contributed by atoms with Gasteiger partial charge in [0.05, 0.1) is 12.2 Å². The number of carboxylic acids is 1. The van der Waals surface area contributed by atoms with Crippen molar-refractivity contribution in [3.8, 4) is 11.1 Å². The van der Waals surface area contributed by atoms with Crippen LogP contribution in [0.1, 0.15) is 49.9 Å². The monoisotopic (exact) mass is 493 g/mol. The summed E-state index contributed by atoms with van der Waals surface area (Å²) in [5.74, 6) is -0.927. The lowest BCUT2D eigenvalue weighted by Crippen LogP contribution is -2.48. The van der Waals surface area contributed by atoms with Gasteiger partial charge in [-0.05, 0) is 72.2 Å². The summed E-state index contributed by atoms with van der Waals surface area (Å²) in [6, 6.07) is 16.4. The predicted molar refractivity (Wildman–Crippen MR) is 150 cm³/mol. The van der Waals surface area contributed by atoms with E-state index in [1.54, 1.807) is 6.08 Å². The summed E-state index contributed by atoms with van der Waals surface area (Å²) in [7, 11) is 1.95. The van der Waals surface area contributed by atoms with Crippen LogP contribution >= 0.6 is 0 Å². The first-order valence-electron chi connectivity index (χ1n) is 13.1. The highest BCUT2D eigenvalue weighted by Crippen LogP contribution is 2.51. The molecular formula is C32H35N3O2. The number of rotatable bonds is 6. The Morgan fingerprint density at radius 1 is 1.19 bits per heavy atom. The van der Waals surface area contributed by atoms with E-state index in [4.69, 9.17) is 5.11 Å². The van der Waals surface area contributed by atoms with Crippen molar-refractivity contribution >= 4 is 11.7 Å². The second-order valence-electron chi connectivity index (χ2n) is 10.6. The van der Waals surface area contributed by atoms with Gasteiger partial charge < -0.3 is 10.0 Å². The Labute approximate surface area is 219 Å². The number of aromatic nitrogens is 2. The number of allylic oxidation sites excluding steroid dienone is 4. The largest absolute Gasteiger partial charge is 0.478 e. The van der Waals surface area contributed by atoms with Crippen molar-refractivity contribution in [1.29, 1.82) is 0 Å². The zero-order valence-electron chi connectivity index (χ0n) is 22.1. The van der Waals surface area contributed by atoms with Crippen LogP contribution in [-0.4, -0.2) is 26.9 Å². The third kappa shape index (κ3) is 4.91. The van der Waals surface area contributed by atoms with Gasteiger partial charge in [0.25, 0.3) is 0 Å². The molecule has 3 atom stereocenters. The molecule has 3 aromatic rings. The van der Waals surface area contributed by atoms with Gasteiger partial charge in [0.2, 0.25) is 0 Å². The molecule has 1 N–H and O–H groups in total. The summed E-state index contributed by atoms with van der Waals surface area (Å²) in [6.07, 6.45) is 16.2. The lowest BCUT2D eigenvalue weighted by Gasteiger charge is -2.51. The van der Waals surface area contributed by atoms with E-state index in [2.05, 4.69) is 97.7 Å². The Bertz CT molecular complexity index is 1400. The molecule has 2 aromatic carbocycles. The molecule has 190 valence electrons. The lowest BCUT2D eigenvalue weighted by atomic mass is 9.69. The molecule has 1 unspecified atom stereocenters. The van der Waals surface area contributed by atoms with Crippen molar-refractivity contribution in [2.75, 3.05) is 4.90 Å². The summed E-state index contributed by atoms with van der Waals surface area (Å²) >= 11 is 0. The Hall–Kier alpha value is -3.86. The Morgan fingerprint density at radius 2 is 1.97 bits per heavy atom. The Kier molecular flexibility index (Phi) is 6.63. The first-order valence-corrected chi connectivity index (χ1v) is 13.1. The predicted octanol–water partition coefficient (Wildman–Crippen LogP) is 6.68. The van der Waals surface area contributed by atoms with E-state index in [0.29, 0.717) is 6.04 Å². The summed E-state index contributed by atoms with van der Waals surface area (Å²) in [5.41, 5.74) is 8.43. The summed E-state index contributed by atoms with van der Waals surface area (Å²) in [4.78, 5) is 13.6. The molecule has 0 saturated carbocycles. The van der Waals surface area contributed by atoms with Gasteiger partial charge in [-0.15, -0.1) is 0 Å². The van der Waals surface area contributed by atoms with Crippen molar-refractivity contribution in [3.05, 3.63) is 108 Å². The Morgan fingerprint density at radius 3 is 2.59 bits per heavy atom. The van der Waals surface area contributed by atoms with Gasteiger partial charge in [0.15, 0.2) is 0 Å². The molecule has 37 heavy (non-hydrogen) atoms.